The minimum absolute atomic E-state index is 0.0137. The van der Waals surface area contributed by atoms with Crippen LogP contribution in [0.3, 0.4) is 0 Å². The lowest BCUT2D eigenvalue weighted by Crippen LogP contribution is -2.32. The molecule has 0 spiro atoms. The first kappa shape index (κ1) is 15.3. The summed E-state index contributed by atoms with van der Waals surface area (Å²) in [6, 6.07) is 15.9. The maximum atomic E-state index is 12.7. The lowest BCUT2D eigenvalue weighted by Gasteiger charge is -2.17. The van der Waals surface area contributed by atoms with Gasteiger partial charge in [-0.3, -0.25) is 4.79 Å². The average Bonchev–Trinajstić information content (AvgIpc) is 2.92. The minimum Gasteiger partial charge on any atom is -0.336 e. The van der Waals surface area contributed by atoms with Crippen LogP contribution in [0.5, 0.6) is 0 Å². The molecule has 2 N–H and O–H groups in total. The molecule has 1 fully saturated rings. The second-order valence-corrected chi connectivity index (χ2v) is 6.71. The summed E-state index contributed by atoms with van der Waals surface area (Å²) in [5.74, 6) is 0.258. The Balaban J connectivity index is 1.79. The van der Waals surface area contributed by atoms with Crippen LogP contribution < -0.4 is 5.73 Å². The van der Waals surface area contributed by atoms with E-state index in [1.807, 2.05) is 48.2 Å². The van der Waals surface area contributed by atoms with Crippen LogP contribution in [0.15, 0.2) is 53.0 Å². The van der Waals surface area contributed by atoms with E-state index >= 15 is 0 Å². The van der Waals surface area contributed by atoms with E-state index in [0.29, 0.717) is 18.7 Å². The van der Waals surface area contributed by atoms with Crippen LogP contribution in [-0.2, 0) is 0 Å². The smallest absolute Gasteiger partial charge is 0.253 e. The third-order valence-electron chi connectivity index (χ3n) is 4.30. The van der Waals surface area contributed by atoms with Crippen LogP contribution >= 0.6 is 15.9 Å². The fourth-order valence-corrected chi connectivity index (χ4v) is 3.33. The highest BCUT2D eigenvalue weighted by molar-refractivity contribution is 9.10. The molecule has 1 saturated heterocycles. The normalized spacial score (nSPS) is 21.1. The van der Waals surface area contributed by atoms with E-state index in [2.05, 4.69) is 28.1 Å². The number of nitrogens with zero attached hydrogens (tertiary/aromatic N) is 1. The highest BCUT2D eigenvalue weighted by atomic mass is 79.9. The van der Waals surface area contributed by atoms with Gasteiger partial charge in [0.25, 0.3) is 5.91 Å². The van der Waals surface area contributed by atoms with Crippen molar-refractivity contribution in [3.05, 3.63) is 69.7 Å². The predicted octanol–water partition coefficient (Wildman–Crippen LogP) is 3.32. The number of hydrogen-bond donors (Lipinski definition) is 1. The van der Waals surface area contributed by atoms with Crippen molar-refractivity contribution in [1.29, 1.82) is 0 Å². The summed E-state index contributed by atoms with van der Waals surface area (Å²) >= 11 is 3.49. The van der Waals surface area contributed by atoms with Crippen LogP contribution in [0.2, 0.25) is 0 Å². The zero-order valence-electron chi connectivity index (χ0n) is 12.5. The fourth-order valence-electron chi connectivity index (χ4n) is 2.96. The van der Waals surface area contributed by atoms with Gasteiger partial charge in [-0.2, -0.15) is 0 Å². The molecular weight excluding hydrogens is 340 g/mol. The molecule has 22 heavy (non-hydrogen) atoms. The molecule has 3 nitrogen and oxygen atoms in total. The van der Waals surface area contributed by atoms with Crippen molar-refractivity contribution < 1.29 is 4.79 Å². The number of likely N-dealkylation sites (tertiary alicyclic amines) is 1. The molecular formula is C18H19BrN2O. The number of hydrogen-bond acceptors (Lipinski definition) is 2. The van der Waals surface area contributed by atoms with E-state index in [0.717, 1.165) is 10.0 Å². The lowest BCUT2D eigenvalue weighted by atomic mass is 9.95. The van der Waals surface area contributed by atoms with Gasteiger partial charge in [0, 0.05) is 35.1 Å². The quantitative estimate of drug-likeness (QED) is 0.894. The number of carbonyl (C=O) groups excluding carboxylic acids is 1. The Morgan fingerprint density at radius 1 is 1.18 bits per heavy atom. The van der Waals surface area contributed by atoms with Gasteiger partial charge in [-0.05, 0) is 30.2 Å². The zero-order valence-corrected chi connectivity index (χ0v) is 14.1. The van der Waals surface area contributed by atoms with Gasteiger partial charge in [0.2, 0.25) is 0 Å². The Hall–Kier alpha value is -1.65. The maximum Gasteiger partial charge on any atom is 0.253 e. The summed E-state index contributed by atoms with van der Waals surface area (Å²) in [6.07, 6.45) is 0. The van der Waals surface area contributed by atoms with Crippen molar-refractivity contribution in [1.82, 2.24) is 4.90 Å². The highest BCUT2D eigenvalue weighted by Gasteiger charge is 2.34. The Morgan fingerprint density at radius 3 is 2.59 bits per heavy atom. The van der Waals surface area contributed by atoms with Gasteiger partial charge in [0.05, 0.1) is 0 Å². The third-order valence-corrected chi connectivity index (χ3v) is 5.15. The Morgan fingerprint density at radius 2 is 1.91 bits per heavy atom. The topological polar surface area (TPSA) is 46.3 Å². The van der Waals surface area contributed by atoms with Gasteiger partial charge in [-0.15, -0.1) is 0 Å². The van der Waals surface area contributed by atoms with E-state index in [9.17, 15) is 4.79 Å². The first-order valence-corrected chi connectivity index (χ1v) is 8.21. The summed E-state index contributed by atoms with van der Waals surface area (Å²) in [5.41, 5.74) is 9.30. The summed E-state index contributed by atoms with van der Waals surface area (Å²) in [5, 5.41) is 0. The molecule has 2 atom stereocenters. The summed E-state index contributed by atoms with van der Waals surface area (Å²) in [6.45, 7) is 3.29. The number of benzene rings is 2. The van der Waals surface area contributed by atoms with Crippen molar-refractivity contribution >= 4 is 21.8 Å². The van der Waals surface area contributed by atoms with Gasteiger partial charge in [0.15, 0.2) is 0 Å². The van der Waals surface area contributed by atoms with E-state index in [1.54, 1.807) is 0 Å². The lowest BCUT2D eigenvalue weighted by molar-refractivity contribution is 0.0789. The van der Waals surface area contributed by atoms with Crippen molar-refractivity contribution in [3.63, 3.8) is 0 Å². The van der Waals surface area contributed by atoms with Crippen molar-refractivity contribution in [2.24, 2.45) is 5.73 Å². The molecule has 0 aliphatic carbocycles. The van der Waals surface area contributed by atoms with Crippen LogP contribution in [-0.4, -0.2) is 29.9 Å². The molecule has 1 heterocycles. The summed E-state index contributed by atoms with van der Waals surface area (Å²) < 4.78 is 0.960. The third kappa shape index (κ3) is 2.94. The Bertz CT molecular complexity index is 687. The molecule has 114 valence electrons. The minimum atomic E-state index is -0.0137. The number of aryl methyl sites for hydroxylation is 1. The number of nitrogens with two attached hydrogens (primary N) is 1. The molecule has 3 rings (SSSR count). The van der Waals surface area contributed by atoms with Crippen molar-refractivity contribution in [2.75, 3.05) is 13.1 Å². The number of rotatable bonds is 2. The van der Waals surface area contributed by atoms with E-state index in [1.165, 1.54) is 5.56 Å². The van der Waals surface area contributed by atoms with Gasteiger partial charge in [-0.1, -0.05) is 52.3 Å². The van der Waals surface area contributed by atoms with Crippen molar-refractivity contribution in [2.45, 2.75) is 18.9 Å². The average molecular weight is 359 g/mol. The molecule has 1 amide bonds. The molecule has 2 aromatic rings. The van der Waals surface area contributed by atoms with Crippen LogP contribution in [0, 0.1) is 6.92 Å². The molecule has 0 bridgehead atoms. The van der Waals surface area contributed by atoms with Gasteiger partial charge in [-0.25, -0.2) is 0 Å². The van der Waals surface area contributed by atoms with E-state index in [-0.39, 0.29) is 17.9 Å². The molecule has 1 aliphatic rings. The molecule has 4 heteroatoms. The number of halogens is 1. The SMILES string of the molecule is Cc1ccc(C(=O)N2C[C@@H](N)[C@H](c3ccccc3)C2)cc1Br. The molecule has 0 unspecified atom stereocenters. The van der Waals surface area contributed by atoms with Gasteiger partial charge in [0.1, 0.15) is 0 Å². The number of amides is 1. The van der Waals surface area contributed by atoms with Crippen LogP contribution in [0.25, 0.3) is 0 Å². The zero-order chi connectivity index (χ0) is 15.7. The summed E-state index contributed by atoms with van der Waals surface area (Å²) in [4.78, 5) is 14.5. The highest BCUT2D eigenvalue weighted by Crippen LogP contribution is 2.28. The van der Waals surface area contributed by atoms with E-state index < -0.39 is 0 Å². The molecule has 0 aromatic heterocycles. The van der Waals surface area contributed by atoms with Crippen LogP contribution in [0.1, 0.15) is 27.4 Å². The molecule has 0 saturated carbocycles. The fraction of sp³-hybridized carbons (Fsp3) is 0.278. The predicted molar refractivity (Wildman–Crippen MR) is 91.9 cm³/mol. The Labute approximate surface area is 139 Å². The van der Waals surface area contributed by atoms with Crippen LogP contribution in [0.4, 0.5) is 0 Å². The number of carbonyl (C=O) groups is 1. The van der Waals surface area contributed by atoms with Gasteiger partial charge < -0.3 is 10.6 Å². The molecule has 1 aliphatic heterocycles. The van der Waals surface area contributed by atoms with Crippen molar-refractivity contribution in [3.8, 4) is 0 Å². The second kappa shape index (κ2) is 6.23. The monoisotopic (exact) mass is 358 g/mol. The maximum absolute atomic E-state index is 12.7. The first-order chi connectivity index (χ1) is 10.6. The largest absolute Gasteiger partial charge is 0.336 e. The standard InChI is InChI=1S/C18H19BrN2O/c1-12-7-8-14(9-16(12)19)18(22)21-10-15(17(20)11-21)13-5-3-2-4-6-13/h2-9,15,17H,10-11,20H2,1H3/t15-,17+/m0/s1. The Kier molecular flexibility index (Phi) is 4.32. The van der Waals surface area contributed by atoms with E-state index in [4.69, 9.17) is 5.73 Å². The van der Waals surface area contributed by atoms with Gasteiger partial charge >= 0.3 is 0 Å². The molecule has 2 aromatic carbocycles. The summed E-state index contributed by atoms with van der Waals surface area (Å²) in [7, 11) is 0. The second-order valence-electron chi connectivity index (χ2n) is 5.86. The molecule has 0 radical (unpaired) electrons. The first-order valence-electron chi connectivity index (χ1n) is 7.42.